The van der Waals surface area contributed by atoms with Crippen LogP contribution in [-0.2, 0) is 0 Å². The molecule has 0 aliphatic rings. The van der Waals surface area contributed by atoms with Gasteiger partial charge >= 0.3 is 0 Å². The molecule has 124 valence electrons. The first-order valence-corrected chi connectivity index (χ1v) is 8.42. The highest BCUT2D eigenvalue weighted by Crippen LogP contribution is 2.38. The van der Waals surface area contributed by atoms with Crippen LogP contribution in [0.3, 0.4) is 0 Å². The summed E-state index contributed by atoms with van der Waals surface area (Å²) in [4.78, 5) is 0. The highest BCUT2D eigenvalue weighted by molar-refractivity contribution is 9.10. The van der Waals surface area contributed by atoms with Crippen molar-refractivity contribution in [1.82, 2.24) is 0 Å². The van der Waals surface area contributed by atoms with Crippen molar-refractivity contribution >= 4 is 15.9 Å². The summed E-state index contributed by atoms with van der Waals surface area (Å²) in [7, 11) is 3.32. The molecule has 24 heavy (non-hydrogen) atoms. The van der Waals surface area contributed by atoms with Crippen LogP contribution in [0.4, 0.5) is 0 Å². The number of halogens is 1. The Bertz CT molecular complexity index is 863. The van der Waals surface area contributed by atoms with Gasteiger partial charge < -0.3 is 13.9 Å². The quantitative estimate of drug-likeness (QED) is 0.549. The molecule has 4 heteroatoms. The molecule has 0 atom stereocenters. The Labute approximate surface area is 150 Å². The molecule has 0 spiro atoms. The van der Waals surface area contributed by atoms with E-state index in [0.29, 0.717) is 0 Å². The van der Waals surface area contributed by atoms with E-state index in [0.717, 1.165) is 49.7 Å². The van der Waals surface area contributed by atoms with Gasteiger partial charge in [0, 0.05) is 11.1 Å². The molecule has 3 aromatic rings. The summed E-state index contributed by atoms with van der Waals surface area (Å²) in [6.45, 7) is 4.17. The van der Waals surface area contributed by atoms with Crippen molar-refractivity contribution in [2.45, 2.75) is 13.8 Å². The van der Waals surface area contributed by atoms with E-state index in [-0.39, 0.29) is 0 Å². The Hall–Kier alpha value is -2.20. The maximum Gasteiger partial charge on any atom is 0.138 e. The summed E-state index contributed by atoms with van der Waals surface area (Å²) in [6.07, 6.45) is 0. The van der Waals surface area contributed by atoms with Gasteiger partial charge in [-0.25, -0.2) is 0 Å². The largest absolute Gasteiger partial charge is 0.497 e. The second-order valence-corrected chi connectivity index (χ2v) is 6.44. The summed E-state index contributed by atoms with van der Waals surface area (Å²) in [5.74, 6) is 3.40. The third-order valence-corrected chi connectivity index (χ3v) is 4.83. The lowest BCUT2D eigenvalue weighted by atomic mass is 10.0. The third-order valence-electron chi connectivity index (χ3n) is 4.21. The Balaban J connectivity index is 2.06. The van der Waals surface area contributed by atoms with Crippen LogP contribution >= 0.6 is 15.9 Å². The highest BCUT2D eigenvalue weighted by Gasteiger charge is 2.17. The zero-order valence-corrected chi connectivity index (χ0v) is 15.7. The second-order valence-electron chi connectivity index (χ2n) is 5.59. The van der Waals surface area contributed by atoms with Crippen LogP contribution in [0.15, 0.2) is 51.4 Å². The number of ether oxygens (including phenoxy) is 2. The predicted molar refractivity (Wildman–Crippen MR) is 99.9 cm³/mol. The van der Waals surface area contributed by atoms with Crippen molar-refractivity contribution in [2.75, 3.05) is 14.2 Å². The van der Waals surface area contributed by atoms with Gasteiger partial charge in [0.15, 0.2) is 0 Å². The second kappa shape index (κ2) is 6.73. The molecule has 0 amide bonds. The van der Waals surface area contributed by atoms with E-state index in [9.17, 15) is 0 Å². The van der Waals surface area contributed by atoms with Gasteiger partial charge in [-0.05, 0) is 83.4 Å². The summed E-state index contributed by atoms with van der Waals surface area (Å²) in [5, 5.41) is 0. The van der Waals surface area contributed by atoms with Crippen LogP contribution in [0.5, 0.6) is 11.5 Å². The summed E-state index contributed by atoms with van der Waals surface area (Å²) in [6, 6.07) is 13.9. The Kier molecular flexibility index (Phi) is 4.67. The first-order chi connectivity index (χ1) is 11.5. The van der Waals surface area contributed by atoms with Gasteiger partial charge in [-0.3, -0.25) is 0 Å². The zero-order chi connectivity index (χ0) is 17.3. The highest BCUT2D eigenvalue weighted by atomic mass is 79.9. The van der Waals surface area contributed by atoms with Crippen LogP contribution in [0.2, 0.25) is 0 Å². The fourth-order valence-electron chi connectivity index (χ4n) is 2.70. The standard InChI is InChI=1S/C20H19BrO3/c1-12-13(2)20(15-7-10-18(23-4)17(21)11-15)24-19(12)14-5-8-16(22-3)9-6-14/h5-11H,1-4H3. The van der Waals surface area contributed by atoms with E-state index in [1.54, 1.807) is 14.2 Å². The Morgan fingerprint density at radius 2 is 1.38 bits per heavy atom. The molecule has 0 aliphatic heterocycles. The number of hydrogen-bond donors (Lipinski definition) is 0. The average Bonchev–Trinajstić information content (AvgIpc) is 2.90. The number of methoxy groups -OCH3 is 2. The SMILES string of the molecule is COc1ccc(-c2oc(-c3ccc(OC)c(Br)c3)c(C)c2C)cc1. The third kappa shape index (κ3) is 2.94. The molecule has 1 heterocycles. The monoisotopic (exact) mass is 386 g/mol. The molecule has 0 aliphatic carbocycles. The van der Waals surface area contributed by atoms with Crippen LogP contribution in [0, 0.1) is 13.8 Å². The molecule has 0 saturated heterocycles. The van der Waals surface area contributed by atoms with Crippen LogP contribution in [0.25, 0.3) is 22.6 Å². The van der Waals surface area contributed by atoms with Crippen LogP contribution in [-0.4, -0.2) is 14.2 Å². The minimum absolute atomic E-state index is 0.801. The van der Waals surface area contributed by atoms with E-state index in [2.05, 4.69) is 29.8 Å². The maximum absolute atomic E-state index is 6.22. The molecular formula is C20H19BrO3. The summed E-state index contributed by atoms with van der Waals surface area (Å²) >= 11 is 3.53. The lowest BCUT2D eigenvalue weighted by Crippen LogP contribution is -1.85. The maximum atomic E-state index is 6.22. The molecule has 0 fully saturated rings. The number of benzene rings is 2. The minimum Gasteiger partial charge on any atom is -0.497 e. The van der Waals surface area contributed by atoms with Crippen molar-refractivity contribution in [1.29, 1.82) is 0 Å². The van der Waals surface area contributed by atoms with Crippen molar-refractivity contribution in [3.05, 3.63) is 58.1 Å². The molecule has 0 saturated carbocycles. The molecular weight excluding hydrogens is 368 g/mol. The molecule has 3 nitrogen and oxygen atoms in total. The van der Waals surface area contributed by atoms with Gasteiger partial charge in [0.2, 0.25) is 0 Å². The normalized spacial score (nSPS) is 10.7. The van der Waals surface area contributed by atoms with Crippen LogP contribution < -0.4 is 9.47 Å². The van der Waals surface area contributed by atoms with Crippen molar-refractivity contribution in [2.24, 2.45) is 0 Å². The Morgan fingerprint density at radius 1 is 0.792 bits per heavy atom. The molecule has 0 unspecified atom stereocenters. The number of hydrogen-bond acceptors (Lipinski definition) is 3. The molecule has 2 aromatic carbocycles. The molecule has 0 bridgehead atoms. The summed E-state index contributed by atoms with van der Waals surface area (Å²) in [5.41, 5.74) is 4.33. The molecule has 1 aromatic heterocycles. The van der Waals surface area contributed by atoms with Crippen molar-refractivity contribution in [3.8, 4) is 34.1 Å². The van der Waals surface area contributed by atoms with Gasteiger partial charge in [-0.1, -0.05) is 0 Å². The lowest BCUT2D eigenvalue weighted by molar-refractivity contribution is 0.412. The van der Waals surface area contributed by atoms with E-state index >= 15 is 0 Å². The Morgan fingerprint density at radius 3 is 1.92 bits per heavy atom. The van der Waals surface area contributed by atoms with Crippen molar-refractivity contribution < 1.29 is 13.9 Å². The summed E-state index contributed by atoms with van der Waals surface area (Å²) < 4.78 is 17.6. The predicted octanol–water partition coefficient (Wildman–Crippen LogP) is 6.01. The van der Waals surface area contributed by atoms with Gasteiger partial charge in [0.05, 0.1) is 18.7 Å². The first-order valence-electron chi connectivity index (χ1n) is 7.63. The fraction of sp³-hybridized carbons (Fsp3) is 0.200. The zero-order valence-electron chi connectivity index (χ0n) is 14.1. The smallest absolute Gasteiger partial charge is 0.138 e. The minimum atomic E-state index is 0.801. The molecule has 0 radical (unpaired) electrons. The molecule has 0 N–H and O–H groups in total. The number of furan rings is 1. The molecule has 3 rings (SSSR count). The average molecular weight is 387 g/mol. The van der Waals surface area contributed by atoms with Gasteiger partial charge in [-0.2, -0.15) is 0 Å². The topological polar surface area (TPSA) is 31.6 Å². The van der Waals surface area contributed by atoms with Crippen LogP contribution in [0.1, 0.15) is 11.1 Å². The van der Waals surface area contributed by atoms with E-state index in [1.807, 2.05) is 42.5 Å². The fourth-order valence-corrected chi connectivity index (χ4v) is 3.24. The van der Waals surface area contributed by atoms with E-state index in [1.165, 1.54) is 0 Å². The van der Waals surface area contributed by atoms with E-state index < -0.39 is 0 Å². The first kappa shape index (κ1) is 16.7. The van der Waals surface area contributed by atoms with Gasteiger partial charge in [0.1, 0.15) is 23.0 Å². The van der Waals surface area contributed by atoms with Crippen molar-refractivity contribution in [3.63, 3.8) is 0 Å². The lowest BCUT2D eigenvalue weighted by Gasteiger charge is -2.05. The van der Waals surface area contributed by atoms with Gasteiger partial charge in [-0.15, -0.1) is 0 Å². The van der Waals surface area contributed by atoms with E-state index in [4.69, 9.17) is 13.9 Å². The van der Waals surface area contributed by atoms with Gasteiger partial charge in [0.25, 0.3) is 0 Å². The number of rotatable bonds is 4.